The van der Waals surface area contributed by atoms with Crippen LogP contribution >= 0.6 is 15.9 Å². The Balaban J connectivity index is 1.74. The minimum Gasteiger partial charge on any atom is -0.355 e. The first kappa shape index (κ1) is 28.1. The topological polar surface area (TPSA) is 96.3 Å². The molecule has 0 saturated carbocycles. The van der Waals surface area contributed by atoms with Crippen LogP contribution in [0.1, 0.15) is 44.5 Å². The molecule has 1 aliphatic rings. The highest BCUT2D eigenvalue weighted by atomic mass is 79.9. The van der Waals surface area contributed by atoms with Crippen molar-refractivity contribution in [2.24, 2.45) is 0 Å². The average molecular weight is 604 g/mol. The van der Waals surface area contributed by atoms with Crippen LogP contribution < -0.4 is 16.2 Å². The van der Waals surface area contributed by atoms with Gasteiger partial charge in [-0.05, 0) is 55.8 Å². The predicted octanol–water partition coefficient (Wildman–Crippen LogP) is 4.56. The van der Waals surface area contributed by atoms with Crippen LogP contribution in [0.25, 0.3) is 5.69 Å². The van der Waals surface area contributed by atoms with Crippen LogP contribution in [0.2, 0.25) is 0 Å². The largest absolute Gasteiger partial charge is 0.417 e. The molecule has 0 radical (unpaired) electrons. The van der Waals surface area contributed by atoms with Crippen molar-refractivity contribution < 1.29 is 22.8 Å². The van der Waals surface area contributed by atoms with Gasteiger partial charge >= 0.3 is 6.18 Å². The molecule has 12 heteroatoms. The molecule has 204 valence electrons. The number of halogens is 4. The molecule has 0 fully saturated rings. The first-order valence-electron chi connectivity index (χ1n) is 12.0. The molecule has 0 spiro atoms. The van der Waals surface area contributed by atoms with Gasteiger partial charge in [-0.1, -0.05) is 22.0 Å². The summed E-state index contributed by atoms with van der Waals surface area (Å²) in [6.07, 6.45) is -2.88. The predicted molar refractivity (Wildman–Crippen MR) is 144 cm³/mol. The minimum atomic E-state index is -4.63. The van der Waals surface area contributed by atoms with E-state index in [1.165, 1.54) is 28.6 Å². The zero-order chi connectivity index (χ0) is 28.5. The van der Waals surface area contributed by atoms with Crippen LogP contribution in [0.4, 0.5) is 19.1 Å². The van der Waals surface area contributed by atoms with E-state index < -0.39 is 23.7 Å². The first-order chi connectivity index (χ1) is 18.5. The molecule has 0 unspecified atom stereocenters. The van der Waals surface area contributed by atoms with E-state index in [9.17, 15) is 27.6 Å². The van der Waals surface area contributed by atoms with Crippen LogP contribution in [-0.2, 0) is 19.1 Å². The number of nitrogens with one attached hydrogen (secondary N) is 2. The molecule has 39 heavy (non-hydrogen) atoms. The van der Waals surface area contributed by atoms with Gasteiger partial charge in [0.05, 0.1) is 23.5 Å². The summed E-state index contributed by atoms with van der Waals surface area (Å²) >= 11 is 2.90. The van der Waals surface area contributed by atoms with Crippen LogP contribution in [0.3, 0.4) is 0 Å². The lowest BCUT2D eigenvalue weighted by molar-refractivity contribution is -0.138. The van der Waals surface area contributed by atoms with E-state index >= 15 is 0 Å². The van der Waals surface area contributed by atoms with E-state index in [0.717, 1.165) is 6.07 Å². The number of anilines is 1. The lowest BCUT2D eigenvalue weighted by Crippen LogP contribution is -2.46. The number of rotatable bonds is 6. The summed E-state index contributed by atoms with van der Waals surface area (Å²) in [6.45, 7) is 5.65. The summed E-state index contributed by atoms with van der Waals surface area (Å²) < 4.78 is 41.5. The third-order valence-electron chi connectivity index (χ3n) is 6.41. The van der Waals surface area contributed by atoms with Gasteiger partial charge in [-0.2, -0.15) is 13.2 Å². The Bertz CT molecular complexity index is 1500. The van der Waals surface area contributed by atoms with Crippen LogP contribution in [-0.4, -0.2) is 45.9 Å². The van der Waals surface area contributed by atoms with Crippen molar-refractivity contribution in [1.29, 1.82) is 0 Å². The maximum absolute atomic E-state index is 13.7. The van der Waals surface area contributed by atoms with Gasteiger partial charge in [-0.3, -0.25) is 14.4 Å². The summed E-state index contributed by atoms with van der Waals surface area (Å²) in [5, 5.41) is 5.58. The Morgan fingerprint density at radius 1 is 1.18 bits per heavy atom. The fraction of sp³-hybridized carbons (Fsp3) is 0.259. The number of carbonyl (C=O) groups is 2. The molecule has 1 aliphatic heterocycles. The number of aromatic nitrogens is 2. The monoisotopic (exact) mass is 603 g/mol. The molecule has 1 atom stereocenters. The molecule has 0 bridgehead atoms. The molecule has 2 amide bonds. The number of hydrogen-bond acceptors (Lipinski definition) is 5. The number of amides is 2. The number of carbonyl (C=O) groups excluding carboxylic acids is 2. The highest BCUT2D eigenvalue weighted by molar-refractivity contribution is 9.10. The van der Waals surface area contributed by atoms with Gasteiger partial charge < -0.3 is 15.5 Å². The second-order valence-corrected chi connectivity index (χ2v) is 9.83. The van der Waals surface area contributed by atoms with Gasteiger partial charge in [-0.15, -0.1) is 6.58 Å². The van der Waals surface area contributed by atoms with Crippen molar-refractivity contribution in [2.45, 2.75) is 32.1 Å². The molecule has 0 aliphatic carbocycles. The Morgan fingerprint density at radius 3 is 2.46 bits per heavy atom. The molecule has 1 aromatic heterocycles. The van der Waals surface area contributed by atoms with E-state index in [1.807, 2.05) is 0 Å². The molecular weight excluding hydrogens is 579 g/mol. The van der Waals surface area contributed by atoms with Gasteiger partial charge in [0.15, 0.2) is 0 Å². The Morgan fingerprint density at radius 2 is 1.85 bits per heavy atom. The average Bonchev–Trinajstić information content (AvgIpc) is 2.91. The van der Waals surface area contributed by atoms with Crippen LogP contribution in [0.5, 0.6) is 0 Å². The zero-order valence-electron chi connectivity index (χ0n) is 21.1. The summed E-state index contributed by atoms with van der Waals surface area (Å²) in [6, 6.07) is 9.31. The molecule has 2 aromatic carbocycles. The first-order valence-corrected chi connectivity index (χ1v) is 12.7. The highest BCUT2D eigenvalue weighted by Crippen LogP contribution is 2.36. The zero-order valence-corrected chi connectivity index (χ0v) is 22.7. The summed E-state index contributed by atoms with van der Waals surface area (Å²) in [5.41, 5.74) is 0.247. The minimum absolute atomic E-state index is 0.0544. The normalized spacial score (nSPS) is 14.9. The van der Waals surface area contributed by atoms with Crippen LogP contribution in [0, 0.1) is 0 Å². The second kappa shape index (κ2) is 11.0. The summed E-state index contributed by atoms with van der Waals surface area (Å²) in [4.78, 5) is 45.0. The molecular formula is C27H25BrF3N5O3. The molecule has 2 N–H and O–H groups in total. The van der Waals surface area contributed by atoms with Crippen molar-refractivity contribution in [3.05, 3.63) is 97.9 Å². The number of alkyl halides is 3. The molecule has 8 nitrogen and oxygen atoms in total. The number of benzene rings is 2. The molecule has 0 saturated heterocycles. The smallest absolute Gasteiger partial charge is 0.355 e. The molecule has 4 rings (SSSR count). The quantitative estimate of drug-likeness (QED) is 0.403. The summed E-state index contributed by atoms with van der Waals surface area (Å²) in [7, 11) is 1.52. The summed E-state index contributed by atoms with van der Waals surface area (Å²) in [5.74, 6) is -0.659. The van der Waals surface area contributed by atoms with E-state index in [-0.39, 0.29) is 40.4 Å². The number of hydrogen-bond donors (Lipinski definition) is 2. The SMILES string of the molecule is C=CCNc1nc2c(c(=O)n1-c1ccc(C(=O)NC)cc1)C[C@@H](C)N(C(=O)c1ccc(Br)c(C(F)(F)F)c1)C2. The van der Waals surface area contributed by atoms with Gasteiger partial charge in [0.2, 0.25) is 5.95 Å². The fourth-order valence-electron chi connectivity index (χ4n) is 4.40. The number of nitrogens with zero attached hydrogens (tertiary/aromatic N) is 3. The van der Waals surface area contributed by atoms with Gasteiger partial charge in [0.1, 0.15) is 0 Å². The van der Waals surface area contributed by atoms with Gasteiger partial charge in [0.25, 0.3) is 17.4 Å². The Kier molecular flexibility index (Phi) is 7.96. The standard InChI is InChI=1S/C27H25BrF3N5O3/c1-4-11-33-26-34-22-14-35(24(38)17-7-10-21(28)20(13-17)27(29,30)31)15(2)12-19(22)25(39)36(26)18-8-5-16(6-9-18)23(37)32-3/h4-10,13,15H,1,11-12,14H2,2-3H3,(H,32,37)(H,33,34)/t15-/m1/s1. The van der Waals surface area contributed by atoms with Crippen molar-refractivity contribution in [1.82, 2.24) is 19.8 Å². The third-order valence-corrected chi connectivity index (χ3v) is 7.10. The van der Waals surface area contributed by atoms with Gasteiger partial charge in [-0.25, -0.2) is 9.55 Å². The maximum atomic E-state index is 13.7. The second-order valence-electron chi connectivity index (χ2n) is 8.98. The van der Waals surface area contributed by atoms with E-state index in [0.29, 0.717) is 29.1 Å². The third kappa shape index (κ3) is 5.60. The molecule has 3 aromatic rings. The lowest BCUT2D eigenvalue weighted by Gasteiger charge is -2.34. The van der Waals surface area contributed by atoms with E-state index in [4.69, 9.17) is 0 Å². The highest BCUT2D eigenvalue weighted by Gasteiger charge is 2.36. The maximum Gasteiger partial charge on any atom is 0.417 e. The van der Waals surface area contributed by atoms with Crippen molar-refractivity contribution >= 4 is 33.7 Å². The Labute approximate surface area is 230 Å². The van der Waals surface area contributed by atoms with Crippen molar-refractivity contribution in [3.8, 4) is 5.69 Å². The number of fused-ring (bicyclic) bond motifs is 1. The van der Waals surface area contributed by atoms with Crippen molar-refractivity contribution in [3.63, 3.8) is 0 Å². The fourth-order valence-corrected chi connectivity index (χ4v) is 4.87. The van der Waals surface area contributed by atoms with Crippen molar-refractivity contribution in [2.75, 3.05) is 18.9 Å². The lowest BCUT2D eigenvalue weighted by atomic mass is 9.98. The van der Waals surface area contributed by atoms with E-state index in [1.54, 1.807) is 37.3 Å². The van der Waals surface area contributed by atoms with E-state index in [2.05, 4.69) is 38.1 Å². The van der Waals surface area contributed by atoms with Gasteiger partial charge in [0, 0.05) is 40.8 Å². The Hall–Kier alpha value is -3.93. The van der Waals surface area contributed by atoms with Crippen LogP contribution in [0.15, 0.2) is 64.4 Å². The molecule has 2 heterocycles.